The first-order chi connectivity index (χ1) is 10.3. The predicted octanol–water partition coefficient (Wildman–Crippen LogP) is 2.06. The van der Waals surface area contributed by atoms with E-state index >= 15 is 0 Å². The van der Waals surface area contributed by atoms with Crippen molar-refractivity contribution in [2.24, 2.45) is 5.84 Å². The van der Waals surface area contributed by atoms with Crippen molar-refractivity contribution in [3.05, 3.63) is 42.9 Å². The molecule has 0 fully saturated rings. The smallest absolute Gasteiger partial charge is 0.205 e. The van der Waals surface area contributed by atoms with Crippen LogP contribution in [0.3, 0.4) is 0 Å². The Morgan fingerprint density at radius 3 is 2.67 bits per heavy atom. The topological polar surface area (TPSA) is 98.0 Å². The summed E-state index contributed by atoms with van der Waals surface area (Å²) >= 11 is 0. The van der Waals surface area contributed by atoms with Crippen LogP contribution in [0, 0.1) is 0 Å². The second-order valence-electron chi connectivity index (χ2n) is 4.25. The predicted molar refractivity (Wildman–Crippen MR) is 81.4 cm³/mol. The van der Waals surface area contributed by atoms with Gasteiger partial charge in [0.25, 0.3) is 0 Å². The van der Waals surface area contributed by atoms with Crippen LogP contribution < -0.4 is 21.3 Å². The van der Waals surface area contributed by atoms with Crippen molar-refractivity contribution in [2.75, 3.05) is 17.9 Å². The van der Waals surface area contributed by atoms with E-state index in [0.29, 0.717) is 17.4 Å². The molecule has 21 heavy (non-hydrogen) atoms. The molecule has 7 heteroatoms. The van der Waals surface area contributed by atoms with Crippen molar-refractivity contribution < 1.29 is 4.74 Å². The normalized spacial score (nSPS) is 10.4. The van der Waals surface area contributed by atoms with Crippen molar-refractivity contribution in [1.29, 1.82) is 0 Å². The number of methoxy groups -OCH3 is 1. The van der Waals surface area contributed by atoms with Crippen LogP contribution in [0.15, 0.2) is 42.9 Å². The number of nitrogens with two attached hydrogens (primary N) is 1. The molecule has 3 rings (SSSR count). The van der Waals surface area contributed by atoms with Gasteiger partial charge < -0.3 is 15.5 Å². The van der Waals surface area contributed by atoms with Gasteiger partial charge in [-0.1, -0.05) is 18.2 Å². The number of pyridine rings is 1. The number of aromatic nitrogens is 3. The molecule has 2 aromatic heterocycles. The van der Waals surface area contributed by atoms with Crippen LogP contribution in [0.25, 0.3) is 10.9 Å². The second-order valence-corrected chi connectivity index (χ2v) is 4.25. The van der Waals surface area contributed by atoms with Crippen molar-refractivity contribution in [2.45, 2.75) is 0 Å². The summed E-state index contributed by atoms with van der Waals surface area (Å²) in [6.45, 7) is 0. The molecule has 0 atom stereocenters. The highest BCUT2D eigenvalue weighted by molar-refractivity contribution is 5.92. The van der Waals surface area contributed by atoms with E-state index in [4.69, 9.17) is 10.6 Å². The number of ether oxygens (including phenoxy) is 1. The standard InChI is InChI=1S/C14H14N6O/c1-21-12-13(17-8-18-14(12)20-15)19-10-6-2-4-9-5-3-7-16-11(9)10/h2-8H,15H2,1H3,(H2,17,18,19,20). The Labute approximate surface area is 121 Å². The molecule has 3 aromatic rings. The van der Waals surface area contributed by atoms with Crippen LogP contribution in [0.4, 0.5) is 17.3 Å². The zero-order valence-corrected chi connectivity index (χ0v) is 11.4. The molecule has 0 aliphatic carbocycles. The number of hydrogen-bond donors (Lipinski definition) is 3. The van der Waals surface area contributed by atoms with Crippen molar-refractivity contribution in [1.82, 2.24) is 15.0 Å². The molecule has 0 spiro atoms. The number of hydrogen-bond acceptors (Lipinski definition) is 7. The van der Waals surface area contributed by atoms with E-state index in [1.165, 1.54) is 13.4 Å². The number of fused-ring (bicyclic) bond motifs is 1. The third-order valence-electron chi connectivity index (χ3n) is 3.03. The second kappa shape index (κ2) is 5.59. The van der Waals surface area contributed by atoms with Crippen LogP contribution in [-0.2, 0) is 0 Å². The van der Waals surface area contributed by atoms with Gasteiger partial charge in [0, 0.05) is 11.6 Å². The SMILES string of the molecule is COc1c(NN)ncnc1Nc1cccc2cccnc12. The number of rotatable bonds is 4. The zero-order valence-electron chi connectivity index (χ0n) is 11.4. The van der Waals surface area contributed by atoms with Gasteiger partial charge in [-0.25, -0.2) is 15.8 Å². The Morgan fingerprint density at radius 2 is 1.86 bits per heavy atom. The van der Waals surface area contributed by atoms with Crippen LogP contribution in [0.5, 0.6) is 5.75 Å². The number of para-hydroxylation sites is 1. The van der Waals surface area contributed by atoms with Gasteiger partial charge in [0.05, 0.1) is 18.3 Å². The minimum absolute atomic E-state index is 0.406. The van der Waals surface area contributed by atoms with Crippen molar-refractivity contribution >= 4 is 28.2 Å². The maximum atomic E-state index is 5.42. The number of anilines is 3. The minimum Gasteiger partial charge on any atom is -0.490 e. The van der Waals surface area contributed by atoms with Gasteiger partial charge in [-0.3, -0.25) is 4.98 Å². The van der Waals surface area contributed by atoms with Crippen molar-refractivity contribution in [3.8, 4) is 5.75 Å². The summed E-state index contributed by atoms with van der Waals surface area (Å²) in [6.07, 6.45) is 3.15. The Bertz CT molecular complexity index is 771. The molecule has 0 unspecified atom stereocenters. The molecule has 0 aliphatic rings. The number of nitrogens with one attached hydrogen (secondary N) is 2. The summed E-state index contributed by atoms with van der Waals surface area (Å²) in [5.74, 6) is 6.77. The van der Waals surface area contributed by atoms with Crippen LogP contribution >= 0.6 is 0 Å². The van der Waals surface area contributed by atoms with E-state index in [2.05, 4.69) is 25.7 Å². The van der Waals surface area contributed by atoms with Gasteiger partial charge in [-0.2, -0.15) is 0 Å². The number of benzene rings is 1. The fraction of sp³-hybridized carbons (Fsp3) is 0.0714. The molecular weight excluding hydrogens is 268 g/mol. The molecule has 2 heterocycles. The van der Waals surface area contributed by atoms with Crippen LogP contribution in [-0.4, -0.2) is 22.1 Å². The van der Waals surface area contributed by atoms with E-state index in [1.807, 2.05) is 30.3 Å². The first-order valence-corrected chi connectivity index (χ1v) is 6.30. The number of nitrogens with zero attached hydrogens (tertiary/aromatic N) is 3. The molecule has 0 radical (unpaired) electrons. The summed E-state index contributed by atoms with van der Waals surface area (Å²) in [7, 11) is 1.53. The summed E-state index contributed by atoms with van der Waals surface area (Å²) < 4.78 is 5.30. The average Bonchev–Trinajstić information content (AvgIpc) is 2.55. The Kier molecular flexibility index (Phi) is 3.48. The van der Waals surface area contributed by atoms with E-state index in [9.17, 15) is 0 Å². The van der Waals surface area contributed by atoms with Gasteiger partial charge in [0.15, 0.2) is 11.6 Å². The van der Waals surface area contributed by atoms with E-state index < -0.39 is 0 Å². The lowest BCUT2D eigenvalue weighted by Gasteiger charge is -2.13. The van der Waals surface area contributed by atoms with Gasteiger partial charge in [-0.15, -0.1) is 0 Å². The molecule has 7 nitrogen and oxygen atoms in total. The molecule has 106 valence electrons. The highest BCUT2D eigenvalue weighted by atomic mass is 16.5. The average molecular weight is 282 g/mol. The highest BCUT2D eigenvalue weighted by Gasteiger charge is 2.12. The number of hydrazine groups is 1. The highest BCUT2D eigenvalue weighted by Crippen LogP contribution is 2.32. The maximum Gasteiger partial charge on any atom is 0.205 e. The Balaban J connectivity index is 2.07. The molecule has 0 amide bonds. The molecule has 0 bridgehead atoms. The molecule has 0 saturated heterocycles. The van der Waals surface area contributed by atoms with Crippen LogP contribution in [0.1, 0.15) is 0 Å². The first kappa shape index (κ1) is 13.1. The molecule has 1 aromatic carbocycles. The van der Waals surface area contributed by atoms with Gasteiger partial charge in [0.1, 0.15) is 6.33 Å². The Morgan fingerprint density at radius 1 is 1.05 bits per heavy atom. The van der Waals surface area contributed by atoms with E-state index in [1.54, 1.807) is 6.20 Å². The molecule has 0 saturated carbocycles. The van der Waals surface area contributed by atoms with E-state index in [-0.39, 0.29) is 0 Å². The van der Waals surface area contributed by atoms with Gasteiger partial charge in [0.2, 0.25) is 5.75 Å². The minimum atomic E-state index is 0.406. The molecule has 4 N–H and O–H groups in total. The lowest BCUT2D eigenvalue weighted by atomic mass is 10.2. The van der Waals surface area contributed by atoms with Gasteiger partial charge >= 0.3 is 0 Å². The fourth-order valence-electron chi connectivity index (χ4n) is 2.09. The Hall–Kier alpha value is -2.93. The van der Waals surface area contributed by atoms with Gasteiger partial charge in [-0.05, 0) is 12.1 Å². The van der Waals surface area contributed by atoms with Crippen LogP contribution in [0.2, 0.25) is 0 Å². The largest absolute Gasteiger partial charge is 0.490 e. The summed E-state index contributed by atoms with van der Waals surface area (Å²) in [4.78, 5) is 12.6. The lowest BCUT2D eigenvalue weighted by molar-refractivity contribution is 0.415. The lowest BCUT2D eigenvalue weighted by Crippen LogP contribution is -2.11. The monoisotopic (exact) mass is 282 g/mol. The number of nitrogen functional groups attached to an aromatic ring is 1. The maximum absolute atomic E-state index is 5.42. The first-order valence-electron chi connectivity index (χ1n) is 6.30. The van der Waals surface area contributed by atoms with E-state index in [0.717, 1.165) is 16.6 Å². The summed E-state index contributed by atoms with van der Waals surface area (Å²) in [5, 5.41) is 4.24. The van der Waals surface area contributed by atoms with Crippen molar-refractivity contribution in [3.63, 3.8) is 0 Å². The molecular formula is C14H14N6O. The third-order valence-corrected chi connectivity index (χ3v) is 3.03. The quantitative estimate of drug-likeness (QED) is 0.497. The third kappa shape index (κ3) is 2.41. The fourth-order valence-corrected chi connectivity index (χ4v) is 2.09. The summed E-state index contributed by atoms with van der Waals surface area (Å²) in [5.41, 5.74) is 4.15. The zero-order chi connectivity index (χ0) is 14.7. The molecule has 0 aliphatic heterocycles. The summed E-state index contributed by atoms with van der Waals surface area (Å²) in [6, 6.07) is 9.76.